The van der Waals surface area contributed by atoms with Gasteiger partial charge in [0.15, 0.2) is 5.54 Å². The number of nitrogens with zero attached hydrogens (tertiary/aromatic N) is 2. The van der Waals surface area contributed by atoms with Gasteiger partial charge in [-0.05, 0) is 30.5 Å². The van der Waals surface area contributed by atoms with Crippen LogP contribution in [0.4, 0.5) is 5.69 Å². The predicted molar refractivity (Wildman–Crippen MR) is 83.0 cm³/mol. The lowest BCUT2D eigenvalue weighted by molar-refractivity contribution is -0.130. The fourth-order valence-corrected chi connectivity index (χ4v) is 3.01. The smallest absolute Gasteiger partial charge is 0.315 e. The molecular formula is C15H15N3O2S. The number of para-hydroxylation sites is 1. The van der Waals surface area contributed by atoms with Crippen LogP contribution in [-0.2, 0) is 15.1 Å². The Kier molecular flexibility index (Phi) is 3.39. The second-order valence-corrected chi connectivity index (χ2v) is 5.71. The van der Waals surface area contributed by atoms with Gasteiger partial charge in [0, 0.05) is 4.88 Å². The van der Waals surface area contributed by atoms with Gasteiger partial charge in [-0.1, -0.05) is 24.3 Å². The summed E-state index contributed by atoms with van der Waals surface area (Å²) in [6.45, 7) is 1.80. The van der Waals surface area contributed by atoms with E-state index in [9.17, 15) is 4.79 Å². The van der Waals surface area contributed by atoms with Gasteiger partial charge >= 0.3 is 6.02 Å². The van der Waals surface area contributed by atoms with E-state index in [0.717, 1.165) is 10.6 Å². The highest BCUT2D eigenvalue weighted by atomic mass is 32.1. The summed E-state index contributed by atoms with van der Waals surface area (Å²) in [6, 6.07) is 13.5. The third-order valence-electron chi connectivity index (χ3n) is 3.33. The number of hydrazine groups is 1. The van der Waals surface area contributed by atoms with E-state index in [0.29, 0.717) is 0 Å². The minimum Gasteiger partial charge on any atom is -0.467 e. The first-order valence-corrected chi connectivity index (χ1v) is 7.37. The Bertz CT molecular complexity index is 669. The maximum atomic E-state index is 12.8. The van der Waals surface area contributed by atoms with Crippen LogP contribution in [0.25, 0.3) is 0 Å². The first-order chi connectivity index (χ1) is 10.1. The molecule has 0 bridgehead atoms. The number of rotatable bonds is 3. The normalized spacial score (nSPS) is 21.3. The van der Waals surface area contributed by atoms with Crippen LogP contribution in [0, 0.1) is 0 Å². The number of benzene rings is 1. The average Bonchev–Trinajstić information content (AvgIpc) is 3.12. The number of methoxy groups -OCH3 is 1. The molecule has 21 heavy (non-hydrogen) atoms. The Hall–Kier alpha value is -2.34. The highest BCUT2D eigenvalue weighted by molar-refractivity contribution is 7.10. The van der Waals surface area contributed by atoms with Gasteiger partial charge in [-0.25, -0.2) is 4.99 Å². The highest BCUT2D eigenvalue weighted by Gasteiger charge is 2.48. The Balaban J connectivity index is 1.93. The topological polar surface area (TPSA) is 53.9 Å². The zero-order valence-corrected chi connectivity index (χ0v) is 12.6. The van der Waals surface area contributed by atoms with Crippen molar-refractivity contribution in [3.05, 3.63) is 52.7 Å². The van der Waals surface area contributed by atoms with Gasteiger partial charge in [-0.3, -0.25) is 10.2 Å². The summed E-state index contributed by atoms with van der Waals surface area (Å²) in [4.78, 5) is 18.1. The molecule has 1 amide bonds. The number of carbonyl (C=O) groups excluding carboxylic acids is 1. The van der Waals surface area contributed by atoms with E-state index < -0.39 is 5.54 Å². The Morgan fingerprint density at radius 2 is 2.00 bits per heavy atom. The summed E-state index contributed by atoms with van der Waals surface area (Å²) < 4.78 is 5.26. The number of thiophene rings is 1. The van der Waals surface area contributed by atoms with Crippen LogP contribution in [0.15, 0.2) is 52.8 Å². The van der Waals surface area contributed by atoms with Gasteiger partial charge in [-0.15, -0.1) is 11.3 Å². The number of ether oxygens (including phenoxy) is 1. The lowest BCUT2D eigenvalue weighted by Gasteiger charge is -2.22. The van der Waals surface area contributed by atoms with E-state index in [-0.39, 0.29) is 11.9 Å². The fraction of sp³-hybridized carbons (Fsp3) is 0.200. The minimum atomic E-state index is -0.943. The first kappa shape index (κ1) is 13.6. The van der Waals surface area contributed by atoms with Crippen molar-refractivity contribution in [2.45, 2.75) is 12.5 Å². The van der Waals surface area contributed by atoms with E-state index in [1.807, 2.05) is 47.8 Å². The van der Waals surface area contributed by atoms with Gasteiger partial charge in [0.05, 0.1) is 12.8 Å². The van der Waals surface area contributed by atoms with Crippen molar-refractivity contribution in [1.82, 2.24) is 5.01 Å². The van der Waals surface area contributed by atoms with Crippen molar-refractivity contribution in [2.75, 3.05) is 12.5 Å². The molecule has 0 radical (unpaired) electrons. The molecule has 0 saturated carbocycles. The van der Waals surface area contributed by atoms with E-state index in [1.54, 1.807) is 6.92 Å². The van der Waals surface area contributed by atoms with Gasteiger partial charge in [0.2, 0.25) is 0 Å². The van der Waals surface area contributed by atoms with Crippen LogP contribution in [0.1, 0.15) is 11.8 Å². The maximum Gasteiger partial charge on any atom is 0.315 e. The summed E-state index contributed by atoms with van der Waals surface area (Å²) >= 11 is 1.51. The van der Waals surface area contributed by atoms with E-state index in [4.69, 9.17) is 4.74 Å². The second-order valence-electron chi connectivity index (χ2n) is 4.77. The molecular weight excluding hydrogens is 286 g/mol. The number of carbonyl (C=O) groups is 1. The third-order valence-corrected chi connectivity index (χ3v) is 4.41. The van der Waals surface area contributed by atoms with Crippen LogP contribution < -0.4 is 5.43 Å². The summed E-state index contributed by atoms with van der Waals surface area (Å²) in [6.07, 6.45) is 0. The summed E-state index contributed by atoms with van der Waals surface area (Å²) in [7, 11) is 1.51. The molecule has 2 aromatic rings. The molecule has 1 N–H and O–H groups in total. The maximum absolute atomic E-state index is 12.8. The fourth-order valence-electron chi connectivity index (χ4n) is 2.19. The molecule has 5 nitrogen and oxygen atoms in total. The van der Waals surface area contributed by atoms with Crippen molar-refractivity contribution >= 4 is 29.0 Å². The largest absolute Gasteiger partial charge is 0.467 e. The van der Waals surface area contributed by atoms with Crippen molar-refractivity contribution in [3.8, 4) is 0 Å². The van der Waals surface area contributed by atoms with Gasteiger partial charge in [-0.2, -0.15) is 5.01 Å². The van der Waals surface area contributed by atoms with Gasteiger partial charge < -0.3 is 4.74 Å². The molecule has 1 aliphatic heterocycles. The molecule has 3 rings (SSSR count). The number of aliphatic imine (C=N–C) groups is 1. The molecule has 1 unspecified atom stereocenters. The van der Waals surface area contributed by atoms with Gasteiger partial charge in [0.1, 0.15) is 0 Å². The molecule has 0 saturated heterocycles. The minimum absolute atomic E-state index is 0.161. The summed E-state index contributed by atoms with van der Waals surface area (Å²) in [5, 5.41) is 3.29. The van der Waals surface area contributed by atoms with Gasteiger partial charge in [0.25, 0.3) is 5.91 Å². The molecule has 6 heteroatoms. The van der Waals surface area contributed by atoms with Crippen molar-refractivity contribution in [1.29, 1.82) is 0 Å². The van der Waals surface area contributed by atoms with Crippen molar-refractivity contribution < 1.29 is 9.53 Å². The summed E-state index contributed by atoms with van der Waals surface area (Å²) in [5.74, 6) is -0.161. The summed E-state index contributed by atoms with van der Waals surface area (Å²) in [5.41, 5.74) is 2.90. The van der Waals surface area contributed by atoms with Crippen LogP contribution >= 0.6 is 11.3 Å². The standard InChI is InChI=1S/C15H15N3O2S/c1-15(12-9-6-10-21-12)13(19)18(14(16-15)20-2)17-11-7-4-3-5-8-11/h3-10,17H,1-2H3. The Morgan fingerprint density at radius 1 is 1.24 bits per heavy atom. The molecule has 0 fully saturated rings. The highest BCUT2D eigenvalue weighted by Crippen LogP contribution is 2.36. The second kappa shape index (κ2) is 5.21. The lowest BCUT2D eigenvalue weighted by atomic mass is 10.0. The Morgan fingerprint density at radius 3 is 2.62 bits per heavy atom. The SMILES string of the molecule is COC1=NC(C)(c2cccs2)C(=O)N1Nc1ccccc1. The van der Waals surface area contributed by atoms with Crippen molar-refractivity contribution in [2.24, 2.45) is 4.99 Å². The van der Waals surface area contributed by atoms with Crippen LogP contribution in [0.2, 0.25) is 0 Å². The zero-order valence-electron chi connectivity index (χ0n) is 11.7. The van der Waals surface area contributed by atoms with Crippen LogP contribution in [0.3, 0.4) is 0 Å². The van der Waals surface area contributed by atoms with Crippen LogP contribution in [-0.4, -0.2) is 24.0 Å². The molecule has 108 valence electrons. The Labute approximate surface area is 126 Å². The van der Waals surface area contributed by atoms with Crippen molar-refractivity contribution in [3.63, 3.8) is 0 Å². The van der Waals surface area contributed by atoms with E-state index in [1.165, 1.54) is 23.5 Å². The predicted octanol–water partition coefficient (Wildman–Crippen LogP) is 2.84. The molecule has 0 spiro atoms. The van der Waals surface area contributed by atoms with Crippen LogP contribution in [0.5, 0.6) is 0 Å². The quantitative estimate of drug-likeness (QED) is 0.948. The number of amides is 1. The molecule has 0 aliphatic carbocycles. The molecule has 1 aromatic heterocycles. The molecule has 2 heterocycles. The zero-order chi connectivity index (χ0) is 14.9. The number of amidine groups is 1. The molecule has 1 aromatic carbocycles. The number of hydrogen-bond acceptors (Lipinski definition) is 5. The average molecular weight is 301 g/mol. The first-order valence-electron chi connectivity index (χ1n) is 6.49. The molecule has 1 atom stereocenters. The monoisotopic (exact) mass is 301 g/mol. The third kappa shape index (κ3) is 2.27. The number of nitrogens with one attached hydrogen (secondary N) is 1. The lowest BCUT2D eigenvalue weighted by Crippen LogP contribution is -2.43. The van der Waals surface area contributed by atoms with E-state index >= 15 is 0 Å². The van der Waals surface area contributed by atoms with E-state index in [2.05, 4.69) is 10.4 Å². The molecule has 1 aliphatic rings. The number of hydrogen-bond donors (Lipinski definition) is 1. The number of anilines is 1.